The van der Waals surface area contributed by atoms with Crippen LogP contribution in [0.2, 0.25) is 0 Å². The Hall–Kier alpha value is -3.56. The van der Waals surface area contributed by atoms with Crippen molar-refractivity contribution in [2.24, 2.45) is 5.92 Å². The number of aryl methyl sites for hydroxylation is 1. The van der Waals surface area contributed by atoms with E-state index in [0.29, 0.717) is 55.8 Å². The number of piperazine rings is 1. The summed E-state index contributed by atoms with van der Waals surface area (Å²) in [6.45, 7) is 8.55. The SMILES string of the molecule is COc1cc(N2CCN(C(=O)Cn3nc(-c4ccc(F)c(C)c4)nc3CC(C)C)CC2)ncn1. The third-order valence-corrected chi connectivity index (χ3v) is 5.83. The van der Waals surface area contributed by atoms with Gasteiger partial charge < -0.3 is 14.5 Å². The smallest absolute Gasteiger partial charge is 0.244 e. The van der Waals surface area contributed by atoms with E-state index >= 15 is 0 Å². The van der Waals surface area contributed by atoms with E-state index in [1.165, 1.54) is 12.4 Å². The maximum atomic E-state index is 13.7. The predicted molar refractivity (Wildman–Crippen MR) is 126 cm³/mol. The fourth-order valence-corrected chi connectivity index (χ4v) is 3.95. The molecule has 0 atom stereocenters. The van der Waals surface area contributed by atoms with Crippen molar-refractivity contribution < 1.29 is 13.9 Å². The molecule has 0 N–H and O–H groups in total. The highest BCUT2D eigenvalue weighted by Crippen LogP contribution is 2.21. The number of methoxy groups -OCH3 is 1. The van der Waals surface area contributed by atoms with E-state index in [1.54, 1.807) is 36.9 Å². The zero-order valence-electron chi connectivity index (χ0n) is 20.0. The fourth-order valence-electron chi connectivity index (χ4n) is 3.95. The van der Waals surface area contributed by atoms with Crippen molar-refractivity contribution in [2.45, 2.75) is 33.7 Å². The minimum absolute atomic E-state index is 0.00309. The van der Waals surface area contributed by atoms with Crippen LogP contribution >= 0.6 is 0 Å². The monoisotopic (exact) mass is 467 g/mol. The molecular weight excluding hydrogens is 437 g/mol. The first-order valence-corrected chi connectivity index (χ1v) is 11.4. The van der Waals surface area contributed by atoms with Crippen molar-refractivity contribution in [1.82, 2.24) is 29.6 Å². The summed E-state index contributed by atoms with van der Waals surface area (Å²) in [4.78, 5) is 30.1. The number of rotatable bonds is 7. The molecule has 0 bridgehead atoms. The molecule has 1 aromatic carbocycles. The van der Waals surface area contributed by atoms with E-state index in [0.717, 1.165) is 17.2 Å². The number of nitrogens with zero attached hydrogens (tertiary/aromatic N) is 7. The summed E-state index contributed by atoms with van der Waals surface area (Å²) in [6, 6.07) is 6.62. The summed E-state index contributed by atoms with van der Waals surface area (Å²) in [5.41, 5.74) is 1.28. The average Bonchev–Trinajstić information content (AvgIpc) is 3.22. The molecule has 0 aliphatic carbocycles. The Morgan fingerprint density at radius 1 is 1.15 bits per heavy atom. The van der Waals surface area contributed by atoms with Gasteiger partial charge >= 0.3 is 0 Å². The van der Waals surface area contributed by atoms with Crippen LogP contribution < -0.4 is 9.64 Å². The van der Waals surface area contributed by atoms with Gasteiger partial charge in [-0.15, -0.1) is 0 Å². The number of ether oxygens (including phenoxy) is 1. The van der Waals surface area contributed by atoms with Gasteiger partial charge in [0.2, 0.25) is 11.8 Å². The highest BCUT2D eigenvalue weighted by Gasteiger charge is 2.24. The summed E-state index contributed by atoms with van der Waals surface area (Å²) in [5.74, 6) is 2.65. The Balaban J connectivity index is 1.45. The summed E-state index contributed by atoms with van der Waals surface area (Å²) in [6.07, 6.45) is 2.18. The topological polar surface area (TPSA) is 89.3 Å². The lowest BCUT2D eigenvalue weighted by Crippen LogP contribution is -2.50. The molecule has 1 saturated heterocycles. The first-order valence-electron chi connectivity index (χ1n) is 11.4. The van der Waals surface area contributed by atoms with Crippen LogP contribution in [0.3, 0.4) is 0 Å². The van der Waals surface area contributed by atoms with Crippen LogP contribution in [0.1, 0.15) is 25.2 Å². The van der Waals surface area contributed by atoms with Gasteiger partial charge in [-0.05, 0) is 36.6 Å². The van der Waals surface area contributed by atoms with E-state index in [2.05, 4.69) is 38.8 Å². The standard InChI is InChI=1S/C24H30FN7O2/c1-16(2)11-21-28-24(18-5-6-19(25)17(3)12-18)29-32(21)14-23(33)31-9-7-30(8-10-31)20-13-22(34-4)27-15-26-20/h5-6,12-13,15-16H,7-11,14H2,1-4H3. The molecule has 3 heterocycles. The van der Waals surface area contributed by atoms with Crippen molar-refractivity contribution in [3.63, 3.8) is 0 Å². The third-order valence-electron chi connectivity index (χ3n) is 5.83. The van der Waals surface area contributed by atoms with E-state index in [4.69, 9.17) is 4.74 Å². The molecule has 0 unspecified atom stereocenters. The van der Waals surface area contributed by atoms with E-state index in [1.807, 2.05) is 4.90 Å². The molecule has 180 valence electrons. The normalized spacial score (nSPS) is 14.1. The van der Waals surface area contributed by atoms with Gasteiger partial charge in [0.1, 0.15) is 30.3 Å². The number of hydrogen-bond donors (Lipinski definition) is 0. The molecule has 0 saturated carbocycles. The van der Waals surface area contributed by atoms with Crippen LogP contribution in [0.15, 0.2) is 30.6 Å². The van der Waals surface area contributed by atoms with E-state index in [-0.39, 0.29) is 18.3 Å². The number of amides is 1. The number of halogens is 1. The van der Waals surface area contributed by atoms with Gasteiger partial charge in [0, 0.05) is 44.2 Å². The van der Waals surface area contributed by atoms with Gasteiger partial charge in [-0.25, -0.2) is 24.0 Å². The predicted octanol–water partition coefficient (Wildman–Crippen LogP) is 2.74. The highest BCUT2D eigenvalue weighted by molar-refractivity contribution is 5.76. The zero-order chi connectivity index (χ0) is 24.2. The van der Waals surface area contributed by atoms with Gasteiger partial charge in [0.25, 0.3) is 0 Å². The summed E-state index contributed by atoms with van der Waals surface area (Å²) in [7, 11) is 1.57. The zero-order valence-corrected chi connectivity index (χ0v) is 20.0. The quantitative estimate of drug-likeness (QED) is 0.528. The number of aromatic nitrogens is 5. The Morgan fingerprint density at radius 3 is 2.59 bits per heavy atom. The fraction of sp³-hybridized carbons (Fsp3) is 0.458. The molecule has 1 aliphatic rings. The molecule has 2 aromatic heterocycles. The second-order valence-corrected chi connectivity index (χ2v) is 8.86. The number of carbonyl (C=O) groups excluding carboxylic acids is 1. The number of benzene rings is 1. The van der Waals surface area contributed by atoms with Crippen molar-refractivity contribution in [1.29, 1.82) is 0 Å². The van der Waals surface area contributed by atoms with Crippen molar-refractivity contribution in [3.05, 3.63) is 47.8 Å². The highest BCUT2D eigenvalue weighted by atomic mass is 19.1. The maximum absolute atomic E-state index is 13.7. The van der Waals surface area contributed by atoms with Crippen LogP contribution in [-0.4, -0.2) is 68.8 Å². The van der Waals surface area contributed by atoms with Crippen LogP contribution in [0.25, 0.3) is 11.4 Å². The molecule has 1 aliphatic heterocycles. The minimum atomic E-state index is -0.264. The molecule has 0 spiro atoms. The molecule has 4 rings (SSSR count). The van der Waals surface area contributed by atoms with Gasteiger partial charge in [0.15, 0.2) is 5.82 Å². The lowest BCUT2D eigenvalue weighted by atomic mass is 10.1. The minimum Gasteiger partial charge on any atom is -0.481 e. The third kappa shape index (κ3) is 5.32. The molecule has 34 heavy (non-hydrogen) atoms. The second kappa shape index (κ2) is 10.1. The molecule has 9 nitrogen and oxygen atoms in total. The largest absolute Gasteiger partial charge is 0.481 e. The van der Waals surface area contributed by atoms with E-state index < -0.39 is 0 Å². The number of anilines is 1. The molecule has 0 radical (unpaired) electrons. The maximum Gasteiger partial charge on any atom is 0.244 e. The Labute approximate surface area is 198 Å². The molecule has 1 amide bonds. The molecular formula is C24H30FN7O2. The molecule has 1 fully saturated rings. The summed E-state index contributed by atoms with van der Waals surface area (Å²) < 4.78 is 20.6. The van der Waals surface area contributed by atoms with Crippen molar-refractivity contribution in [2.75, 3.05) is 38.2 Å². The van der Waals surface area contributed by atoms with Crippen molar-refractivity contribution >= 4 is 11.7 Å². The number of hydrogen-bond acceptors (Lipinski definition) is 7. The lowest BCUT2D eigenvalue weighted by molar-refractivity contribution is -0.132. The number of carbonyl (C=O) groups is 1. The van der Waals surface area contributed by atoms with Gasteiger partial charge in [-0.1, -0.05) is 13.8 Å². The van der Waals surface area contributed by atoms with E-state index in [9.17, 15) is 9.18 Å². The first-order chi connectivity index (χ1) is 16.3. The summed E-state index contributed by atoms with van der Waals surface area (Å²) >= 11 is 0. The first kappa shape index (κ1) is 23.6. The Kier molecular flexibility index (Phi) is 7.04. The Morgan fingerprint density at radius 2 is 1.91 bits per heavy atom. The second-order valence-electron chi connectivity index (χ2n) is 8.86. The molecule has 10 heteroatoms. The molecule has 3 aromatic rings. The Bertz CT molecular complexity index is 1160. The summed E-state index contributed by atoms with van der Waals surface area (Å²) in [5, 5.41) is 4.62. The van der Waals surface area contributed by atoms with Gasteiger partial charge in [-0.2, -0.15) is 5.10 Å². The van der Waals surface area contributed by atoms with Gasteiger partial charge in [0.05, 0.1) is 7.11 Å². The van der Waals surface area contributed by atoms with Gasteiger partial charge in [-0.3, -0.25) is 4.79 Å². The van der Waals surface area contributed by atoms with Crippen LogP contribution in [0.5, 0.6) is 5.88 Å². The van der Waals surface area contributed by atoms with Crippen LogP contribution in [-0.2, 0) is 17.8 Å². The van der Waals surface area contributed by atoms with Crippen molar-refractivity contribution in [3.8, 4) is 17.3 Å². The lowest BCUT2D eigenvalue weighted by Gasteiger charge is -2.35. The van der Waals surface area contributed by atoms with Crippen LogP contribution in [0.4, 0.5) is 10.2 Å². The average molecular weight is 468 g/mol. The van der Waals surface area contributed by atoms with Crippen LogP contribution in [0, 0.1) is 18.7 Å².